The standard InChI is InChI=1S/C16H26O2/c1-8-14(15(9-2)13(4)17)11-16(5,6)10-12(3)18-7/h9-11H,8H2,1-7H3/b12-10+,14-11-,15-9-. The number of ketones is 1. The molecule has 0 aliphatic heterocycles. The van der Waals surface area contributed by atoms with E-state index in [2.05, 4.69) is 32.9 Å². The molecule has 0 unspecified atom stereocenters. The number of methoxy groups -OCH3 is 1. The Hall–Kier alpha value is -1.31. The predicted molar refractivity (Wildman–Crippen MR) is 77.4 cm³/mol. The van der Waals surface area contributed by atoms with E-state index in [0.717, 1.165) is 23.3 Å². The van der Waals surface area contributed by atoms with Crippen LogP contribution in [0, 0.1) is 5.41 Å². The summed E-state index contributed by atoms with van der Waals surface area (Å²) in [4.78, 5) is 11.6. The third-order valence-corrected chi connectivity index (χ3v) is 2.84. The van der Waals surface area contributed by atoms with E-state index in [-0.39, 0.29) is 11.2 Å². The number of rotatable bonds is 6. The molecule has 0 radical (unpaired) electrons. The van der Waals surface area contributed by atoms with E-state index >= 15 is 0 Å². The van der Waals surface area contributed by atoms with Crippen molar-refractivity contribution in [2.24, 2.45) is 5.41 Å². The molecule has 102 valence electrons. The minimum absolute atomic E-state index is 0.119. The zero-order chi connectivity index (χ0) is 14.3. The molecule has 0 rings (SSSR count). The van der Waals surface area contributed by atoms with Gasteiger partial charge in [-0.05, 0) is 38.8 Å². The van der Waals surface area contributed by atoms with Crippen LogP contribution in [0.25, 0.3) is 0 Å². The second-order valence-electron chi connectivity index (χ2n) is 5.06. The molecule has 0 N–H and O–H groups in total. The van der Waals surface area contributed by atoms with Crippen molar-refractivity contribution in [1.82, 2.24) is 0 Å². The first kappa shape index (κ1) is 16.7. The van der Waals surface area contributed by atoms with Crippen LogP contribution >= 0.6 is 0 Å². The average molecular weight is 250 g/mol. The third-order valence-electron chi connectivity index (χ3n) is 2.84. The lowest BCUT2D eigenvalue weighted by molar-refractivity contribution is -0.113. The summed E-state index contributed by atoms with van der Waals surface area (Å²) in [6.07, 6.45) is 6.95. The third kappa shape index (κ3) is 5.35. The summed E-state index contributed by atoms with van der Waals surface area (Å²) < 4.78 is 5.19. The highest BCUT2D eigenvalue weighted by Gasteiger charge is 2.16. The molecule has 2 nitrogen and oxygen atoms in total. The molecule has 0 saturated heterocycles. The van der Waals surface area contributed by atoms with Gasteiger partial charge in [0.05, 0.1) is 12.9 Å². The van der Waals surface area contributed by atoms with Crippen LogP contribution in [0.4, 0.5) is 0 Å². The molecule has 0 saturated carbocycles. The van der Waals surface area contributed by atoms with Gasteiger partial charge in [-0.25, -0.2) is 0 Å². The van der Waals surface area contributed by atoms with Crippen LogP contribution in [-0.2, 0) is 9.53 Å². The molecule has 0 heterocycles. The van der Waals surface area contributed by atoms with Crippen molar-refractivity contribution in [3.8, 4) is 0 Å². The monoisotopic (exact) mass is 250 g/mol. The molecule has 0 amide bonds. The molecule has 0 bridgehead atoms. The van der Waals surface area contributed by atoms with Crippen molar-refractivity contribution in [3.05, 3.63) is 35.1 Å². The Morgan fingerprint density at radius 2 is 1.78 bits per heavy atom. The molecule has 0 aromatic rings. The zero-order valence-electron chi connectivity index (χ0n) is 12.8. The zero-order valence-corrected chi connectivity index (χ0v) is 12.8. The first-order valence-electron chi connectivity index (χ1n) is 6.40. The van der Waals surface area contributed by atoms with Crippen LogP contribution < -0.4 is 0 Å². The summed E-state index contributed by atoms with van der Waals surface area (Å²) in [6, 6.07) is 0. The van der Waals surface area contributed by atoms with Gasteiger partial charge in [0, 0.05) is 11.0 Å². The number of Topliss-reactive ketones (excluding diaryl/α,β-unsaturated/α-hetero) is 1. The van der Waals surface area contributed by atoms with E-state index in [0.29, 0.717) is 0 Å². The minimum Gasteiger partial charge on any atom is -0.502 e. The number of hydrogen-bond acceptors (Lipinski definition) is 2. The molecule has 0 spiro atoms. The molecule has 2 heteroatoms. The van der Waals surface area contributed by atoms with E-state index in [1.54, 1.807) is 14.0 Å². The summed E-state index contributed by atoms with van der Waals surface area (Å²) in [5.41, 5.74) is 1.78. The number of carbonyl (C=O) groups excluding carboxylic acids is 1. The number of ether oxygens (including phenoxy) is 1. The summed E-state index contributed by atoms with van der Waals surface area (Å²) in [5.74, 6) is 1.00. The predicted octanol–water partition coefficient (Wildman–Crippen LogP) is 4.43. The van der Waals surface area contributed by atoms with Crippen LogP contribution in [0.5, 0.6) is 0 Å². The van der Waals surface area contributed by atoms with Crippen molar-refractivity contribution in [3.63, 3.8) is 0 Å². The van der Waals surface area contributed by atoms with Crippen LogP contribution in [-0.4, -0.2) is 12.9 Å². The molecule has 0 aliphatic rings. The number of carbonyl (C=O) groups is 1. The molecule has 0 aliphatic carbocycles. The highest BCUT2D eigenvalue weighted by atomic mass is 16.5. The first-order chi connectivity index (χ1) is 8.27. The van der Waals surface area contributed by atoms with Crippen LogP contribution in [0.15, 0.2) is 35.1 Å². The first-order valence-corrected chi connectivity index (χ1v) is 6.40. The Balaban J connectivity index is 5.41. The topological polar surface area (TPSA) is 26.3 Å². The molecular formula is C16H26O2. The maximum atomic E-state index is 11.6. The normalized spacial score (nSPS) is 14.7. The molecule has 0 aromatic carbocycles. The lowest BCUT2D eigenvalue weighted by Gasteiger charge is -2.19. The highest BCUT2D eigenvalue weighted by molar-refractivity contribution is 5.97. The Labute approximate surface area is 111 Å². The van der Waals surface area contributed by atoms with Crippen molar-refractivity contribution >= 4 is 5.78 Å². The molecule has 0 fully saturated rings. The highest BCUT2D eigenvalue weighted by Crippen LogP contribution is 2.27. The number of hydrogen-bond donors (Lipinski definition) is 0. The number of allylic oxidation sites excluding steroid dienone is 6. The van der Waals surface area contributed by atoms with E-state index in [4.69, 9.17) is 4.74 Å². The van der Waals surface area contributed by atoms with Crippen LogP contribution in [0.3, 0.4) is 0 Å². The van der Waals surface area contributed by atoms with Crippen LogP contribution in [0.1, 0.15) is 48.0 Å². The maximum absolute atomic E-state index is 11.6. The lowest BCUT2D eigenvalue weighted by Crippen LogP contribution is -2.09. The fourth-order valence-electron chi connectivity index (χ4n) is 2.06. The van der Waals surface area contributed by atoms with Crippen molar-refractivity contribution in [2.75, 3.05) is 7.11 Å². The Morgan fingerprint density at radius 3 is 2.11 bits per heavy atom. The maximum Gasteiger partial charge on any atom is 0.159 e. The fourth-order valence-corrected chi connectivity index (χ4v) is 2.06. The average Bonchev–Trinajstić information content (AvgIpc) is 2.27. The fraction of sp³-hybridized carbons (Fsp3) is 0.562. The quantitative estimate of drug-likeness (QED) is 0.396. The van der Waals surface area contributed by atoms with Gasteiger partial charge in [0.25, 0.3) is 0 Å². The molecule has 0 aromatic heterocycles. The van der Waals surface area contributed by atoms with E-state index in [1.165, 1.54) is 0 Å². The Morgan fingerprint density at radius 1 is 1.22 bits per heavy atom. The van der Waals surface area contributed by atoms with Gasteiger partial charge in [0.15, 0.2) is 5.78 Å². The van der Waals surface area contributed by atoms with E-state index in [1.807, 2.05) is 19.9 Å². The summed E-state index contributed by atoms with van der Waals surface area (Å²) >= 11 is 0. The van der Waals surface area contributed by atoms with Crippen molar-refractivity contribution < 1.29 is 9.53 Å². The van der Waals surface area contributed by atoms with Gasteiger partial charge in [0.2, 0.25) is 0 Å². The summed E-state index contributed by atoms with van der Waals surface area (Å²) in [5, 5.41) is 0. The largest absolute Gasteiger partial charge is 0.502 e. The van der Waals surface area contributed by atoms with Gasteiger partial charge in [-0.1, -0.05) is 32.9 Å². The van der Waals surface area contributed by atoms with E-state index < -0.39 is 0 Å². The minimum atomic E-state index is -0.130. The van der Waals surface area contributed by atoms with Gasteiger partial charge in [-0.3, -0.25) is 4.79 Å². The Kier molecular flexibility index (Phi) is 6.67. The van der Waals surface area contributed by atoms with Gasteiger partial charge in [-0.15, -0.1) is 0 Å². The lowest BCUT2D eigenvalue weighted by atomic mass is 9.86. The van der Waals surface area contributed by atoms with Gasteiger partial charge < -0.3 is 4.74 Å². The Bertz CT molecular complexity index is 382. The second-order valence-corrected chi connectivity index (χ2v) is 5.06. The van der Waals surface area contributed by atoms with Crippen molar-refractivity contribution in [1.29, 1.82) is 0 Å². The smallest absolute Gasteiger partial charge is 0.159 e. The second kappa shape index (κ2) is 7.20. The van der Waals surface area contributed by atoms with Gasteiger partial charge >= 0.3 is 0 Å². The van der Waals surface area contributed by atoms with Gasteiger partial charge in [0.1, 0.15) is 0 Å². The molecular weight excluding hydrogens is 224 g/mol. The SMILES string of the molecule is C/C=C(C(C)=O)\C(=C/C(C)(C)/C=C(\C)OC)CC. The molecule has 0 atom stereocenters. The van der Waals surface area contributed by atoms with Gasteiger partial charge in [-0.2, -0.15) is 0 Å². The van der Waals surface area contributed by atoms with E-state index in [9.17, 15) is 4.79 Å². The molecule has 18 heavy (non-hydrogen) atoms. The summed E-state index contributed by atoms with van der Waals surface area (Å²) in [6.45, 7) is 11.7. The summed E-state index contributed by atoms with van der Waals surface area (Å²) in [7, 11) is 1.67. The van der Waals surface area contributed by atoms with Crippen LogP contribution in [0.2, 0.25) is 0 Å². The van der Waals surface area contributed by atoms with Crippen molar-refractivity contribution in [2.45, 2.75) is 48.0 Å².